The van der Waals surface area contributed by atoms with Crippen LogP contribution in [0.4, 0.5) is 0 Å². The van der Waals surface area contributed by atoms with E-state index in [0.717, 1.165) is 18.4 Å². The van der Waals surface area contributed by atoms with Crippen LogP contribution in [0, 0.1) is 0 Å². The molecule has 0 aliphatic heterocycles. The average Bonchev–Trinajstić information content (AvgIpc) is 2.70. The number of hydrogen-bond donors (Lipinski definition) is 0. The van der Waals surface area contributed by atoms with Gasteiger partial charge in [-0.15, -0.1) is 0 Å². The summed E-state index contributed by atoms with van der Waals surface area (Å²) in [4.78, 5) is -0.132. The van der Waals surface area contributed by atoms with Crippen molar-refractivity contribution >= 4 is 10.1 Å². The van der Waals surface area contributed by atoms with Crippen LogP contribution in [0.3, 0.4) is 0 Å². The van der Waals surface area contributed by atoms with E-state index in [1.165, 1.54) is 102 Å². The summed E-state index contributed by atoms with van der Waals surface area (Å²) in [6.45, 7) is 4.45. The molecule has 168 valence electrons. The van der Waals surface area contributed by atoms with Crippen molar-refractivity contribution in [2.45, 2.75) is 127 Å². The molecular formula is C25H43NaO3S. The van der Waals surface area contributed by atoms with Gasteiger partial charge >= 0.3 is 29.6 Å². The van der Waals surface area contributed by atoms with Crippen LogP contribution in [0.25, 0.3) is 0 Å². The minimum atomic E-state index is -4.34. The van der Waals surface area contributed by atoms with Crippen LogP contribution in [0.15, 0.2) is 29.2 Å². The number of benzene rings is 1. The van der Waals surface area contributed by atoms with Crippen molar-refractivity contribution in [3.05, 3.63) is 29.8 Å². The Morgan fingerprint density at radius 1 is 0.700 bits per heavy atom. The molecule has 1 atom stereocenters. The van der Waals surface area contributed by atoms with E-state index in [-0.39, 0.29) is 34.5 Å². The first-order valence-corrected chi connectivity index (χ1v) is 13.5. The molecule has 0 aliphatic rings. The number of hydrogen-bond acceptors (Lipinski definition) is 3. The van der Waals surface area contributed by atoms with E-state index in [4.69, 9.17) is 0 Å². The van der Waals surface area contributed by atoms with Gasteiger partial charge in [0.15, 0.2) is 0 Å². The monoisotopic (exact) mass is 446 g/mol. The molecule has 0 aliphatic carbocycles. The predicted octanol–water partition coefficient (Wildman–Crippen LogP) is 4.96. The maximum atomic E-state index is 11.0. The smallest absolute Gasteiger partial charge is 0.744 e. The van der Waals surface area contributed by atoms with Crippen molar-refractivity contribution < 1.29 is 42.5 Å². The molecule has 0 saturated heterocycles. The predicted molar refractivity (Wildman–Crippen MR) is 122 cm³/mol. The van der Waals surface area contributed by atoms with Crippen LogP contribution in [0.2, 0.25) is 0 Å². The van der Waals surface area contributed by atoms with Crippen LogP contribution in [-0.4, -0.2) is 13.0 Å². The van der Waals surface area contributed by atoms with Gasteiger partial charge in [0, 0.05) is 0 Å². The normalized spacial score (nSPS) is 12.5. The van der Waals surface area contributed by atoms with Gasteiger partial charge in [0.1, 0.15) is 10.1 Å². The third kappa shape index (κ3) is 14.2. The first-order chi connectivity index (χ1) is 14.0. The van der Waals surface area contributed by atoms with Crippen LogP contribution in [0.1, 0.15) is 128 Å². The van der Waals surface area contributed by atoms with Gasteiger partial charge in [-0.1, -0.05) is 116 Å². The Morgan fingerprint density at radius 3 is 1.47 bits per heavy atom. The van der Waals surface area contributed by atoms with Crippen LogP contribution < -0.4 is 29.6 Å². The molecule has 0 saturated carbocycles. The van der Waals surface area contributed by atoms with Gasteiger partial charge < -0.3 is 4.55 Å². The summed E-state index contributed by atoms with van der Waals surface area (Å²) in [5, 5.41) is 0. The zero-order valence-electron chi connectivity index (χ0n) is 19.8. The summed E-state index contributed by atoms with van der Waals surface area (Å²) in [6, 6.07) is 6.52. The summed E-state index contributed by atoms with van der Waals surface area (Å²) in [7, 11) is -4.34. The molecule has 1 aromatic rings. The van der Waals surface area contributed by atoms with E-state index < -0.39 is 10.1 Å². The summed E-state index contributed by atoms with van der Waals surface area (Å²) in [6.07, 6.45) is 21.4. The van der Waals surface area contributed by atoms with E-state index in [1.807, 2.05) is 12.1 Å². The molecule has 1 unspecified atom stereocenters. The molecule has 0 radical (unpaired) electrons. The number of rotatable bonds is 18. The Bertz CT molecular complexity index is 614. The van der Waals surface area contributed by atoms with Crippen molar-refractivity contribution in [2.75, 3.05) is 0 Å². The van der Waals surface area contributed by atoms with Gasteiger partial charge in [-0.2, -0.15) is 0 Å². The second-order valence-corrected chi connectivity index (χ2v) is 9.89. The molecule has 0 heterocycles. The van der Waals surface area contributed by atoms with E-state index in [9.17, 15) is 13.0 Å². The zero-order chi connectivity index (χ0) is 21.4. The molecule has 0 bridgehead atoms. The van der Waals surface area contributed by atoms with Crippen molar-refractivity contribution in [1.29, 1.82) is 0 Å². The Hall–Kier alpha value is 0.130. The molecule has 0 fully saturated rings. The molecule has 0 aromatic heterocycles. The van der Waals surface area contributed by atoms with Gasteiger partial charge in [0.25, 0.3) is 0 Å². The van der Waals surface area contributed by atoms with E-state index in [1.54, 1.807) is 0 Å². The average molecular weight is 447 g/mol. The Kier molecular flexibility index (Phi) is 18.8. The van der Waals surface area contributed by atoms with Gasteiger partial charge in [-0.3, -0.25) is 0 Å². The fourth-order valence-corrected chi connectivity index (χ4v) is 4.57. The van der Waals surface area contributed by atoms with E-state index in [0.29, 0.717) is 5.92 Å². The number of unbranched alkanes of at least 4 members (excludes halogenated alkanes) is 13. The van der Waals surface area contributed by atoms with E-state index in [2.05, 4.69) is 13.8 Å². The van der Waals surface area contributed by atoms with Crippen molar-refractivity contribution in [2.24, 2.45) is 0 Å². The first kappa shape index (κ1) is 30.1. The van der Waals surface area contributed by atoms with Gasteiger partial charge in [0.05, 0.1) is 4.90 Å². The Morgan fingerprint density at radius 2 is 1.10 bits per heavy atom. The van der Waals surface area contributed by atoms with Crippen molar-refractivity contribution in [1.82, 2.24) is 0 Å². The van der Waals surface area contributed by atoms with Crippen LogP contribution >= 0.6 is 0 Å². The summed E-state index contributed by atoms with van der Waals surface area (Å²) >= 11 is 0. The quantitative estimate of drug-likeness (QED) is 0.182. The fourth-order valence-electron chi connectivity index (χ4n) is 4.10. The molecule has 3 nitrogen and oxygen atoms in total. The molecule has 0 spiro atoms. The third-order valence-corrected chi connectivity index (χ3v) is 6.89. The first-order valence-electron chi connectivity index (χ1n) is 12.0. The largest absolute Gasteiger partial charge is 1.00 e. The van der Waals surface area contributed by atoms with E-state index >= 15 is 0 Å². The zero-order valence-corrected chi connectivity index (χ0v) is 22.6. The van der Waals surface area contributed by atoms with Crippen molar-refractivity contribution in [3.8, 4) is 0 Å². The maximum Gasteiger partial charge on any atom is 1.00 e. The third-order valence-electron chi connectivity index (χ3n) is 6.04. The second-order valence-electron chi connectivity index (χ2n) is 8.51. The SMILES string of the molecule is CCCCCCCCCCCCCCCCC(CC)c1ccc(S(=O)(=O)[O-])cc1.[Na+]. The maximum absolute atomic E-state index is 11.0. The Balaban J connectivity index is 0.00000841. The van der Waals surface area contributed by atoms with Crippen LogP contribution in [-0.2, 0) is 10.1 Å². The van der Waals surface area contributed by atoms with Gasteiger partial charge in [-0.05, 0) is 36.5 Å². The second kappa shape index (κ2) is 18.7. The molecule has 0 N–H and O–H groups in total. The fraction of sp³-hybridized carbons (Fsp3) is 0.760. The molecule has 1 rings (SSSR count). The molecule has 30 heavy (non-hydrogen) atoms. The molecule has 0 amide bonds. The summed E-state index contributed by atoms with van der Waals surface area (Å²) < 4.78 is 33.1. The van der Waals surface area contributed by atoms with Gasteiger partial charge in [0.2, 0.25) is 0 Å². The summed E-state index contributed by atoms with van der Waals surface area (Å²) in [5.41, 5.74) is 1.15. The molecular weight excluding hydrogens is 403 g/mol. The minimum absolute atomic E-state index is 0. The molecule has 5 heteroatoms. The minimum Gasteiger partial charge on any atom is -0.744 e. The van der Waals surface area contributed by atoms with Crippen LogP contribution in [0.5, 0.6) is 0 Å². The molecule has 1 aromatic carbocycles. The topological polar surface area (TPSA) is 57.2 Å². The summed E-state index contributed by atoms with van der Waals surface area (Å²) in [5.74, 6) is 0.454. The standard InChI is InChI=1S/C25H44O3S.Na/c1-3-5-6-7-8-9-10-11-12-13-14-15-16-17-18-23(4-2)24-19-21-25(22-20-24)29(26,27)28;/h19-23H,3-18H2,1-2H3,(H,26,27,28);/q;+1/p-1. The Labute approximate surface area is 208 Å². The van der Waals surface area contributed by atoms with Crippen molar-refractivity contribution in [3.63, 3.8) is 0 Å². The van der Waals surface area contributed by atoms with Gasteiger partial charge in [-0.25, -0.2) is 8.42 Å².